The number of rotatable bonds is 4. The number of hydrogen-bond donors (Lipinski definition) is 0. The second kappa shape index (κ2) is 10.6. The zero-order valence-corrected chi connectivity index (χ0v) is 26.2. The molecule has 0 fully saturated rings. The zero-order chi connectivity index (χ0) is 31.6. The third-order valence-electron chi connectivity index (χ3n) is 9.91. The van der Waals surface area contributed by atoms with Crippen molar-refractivity contribution in [3.8, 4) is 33.6 Å². The maximum atomic E-state index is 2.44. The molecular weight excluding hydrogens is 581 g/mol. The molecular formula is C46H30N2. The smallest absolute Gasteiger partial charge is 0.0553 e. The van der Waals surface area contributed by atoms with Gasteiger partial charge < -0.3 is 9.13 Å². The number of para-hydroxylation sites is 3. The van der Waals surface area contributed by atoms with Crippen LogP contribution in [0.15, 0.2) is 182 Å². The van der Waals surface area contributed by atoms with Crippen molar-refractivity contribution >= 4 is 54.4 Å². The molecule has 2 aromatic heterocycles. The van der Waals surface area contributed by atoms with Gasteiger partial charge in [0, 0.05) is 32.9 Å². The minimum atomic E-state index is 1.15. The van der Waals surface area contributed by atoms with Crippen molar-refractivity contribution in [2.24, 2.45) is 0 Å². The fourth-order valence-electron chi connectivity index (χ4n) is 7.77. The Hall–Kier alpha value is -6.38. The van der Waals surface area contributed by atoms with Gasteiger partial charge in [0.2, 0.25) is 0 Å². The minimum absolute atomic E-state index is 1.15. The highest BCUT2D eigenvalue weighted by Gasteiger charge is 2.19. The maximum absolute atomic E-state index is 2.44. The van der Waals surface area contributed by atoms with Crippen molar-refractivity contribution in [1.82, 2.24) is 9.13 Å². The van der Waals surface area contributed by atoms with Crippen LogP contribution in [0.3, 0.4) is 0 Å². The van der Waals surface area contributed by atoms with Crippen LogP contribution in [-0.2, 0) is 0 Å². The van der Waals surface area contributed by atoms with Crippen LogP contribution in [0.4, 0.5) is 0 Å². The van der Waals surface area contributed by atoms with Crippen LogP contribution >= 0.6 is 0 Å². The first-order valence-electron chi connectivity index (χ1n) is 16.5. The maximum Gasteiger partial charge on any atom is 0.0553 e. The molecule has 2 heterocycles. The second-order valence-electron chi connectivity index (χ2n) is 12.5. The first-order chi connectivity index (χ1) is 23.8. The van der Waals surface area contributed by atoms with E-state index in [1.165, 1.54) is 82.3 Å². The summed E-state index contributed by atoms with van der Waals surface area (Å²) in [6, 6.07) is 66.2. The highest BCUT2D eigenvalue weighted by atomic mass is 15.0. The lowest BCUT2D eigenvalue weighted by Gasteiger charge is -2.13. The summed E-state index contributed by atoms with van der Waals surface area (Å²) in [6.07, 6.45) is 0. The van der Waals surface area contributed by atoms with Gasteiger partial charge in [0.15, 0.2) is 0 Å². The molecule has 48 heavy (non-hydrogen) atoms. The lowest BCUT2D eigenvalue weighted by Crippen LogP contribution is -1.95. The van der Waals surface area contributed by atoms with Crippen LogP contribution in [-0.4, -0.2) is 9.13 Å². The average Bonchev–Trinajstić information content (AvgIpc) is 3.68. The molecule has 10 aromatic rings. The van der Waals surface area contributed by atoms with Crippen LogP contribution in [0.2, 0.25) is 0 Å². The molecule has 2 nitrogen and oxygen atoms in total. The van der Waals surface area contributed by atoms with Crippen molar-refractivity contribution in [1.29, 1.82) is 0 Å². The van der Waals surface area contributed by atoms with Gasteiger partial charge in [-0.3, -0.25) is 0 Å². The minimum Gasteiger partial charge on any atom is -0.309 e. The first kappa shape index (κ1) is 26.8. The van der Waals surface area contributed by atoms with Gasteiger partial charge in [0.05, 0.1) is 22.1 Å². The Labute approximate surface area is 278 Å². The summed E-state index contributed by atoms with van der Waals surface area (Å²) in [7, 11) is 0. The normalized spacial score (nSPS) is 11.8. The SMILES string of the molecule is c1ccc(-c2ccc(-n3c4ccccc4c4c5ccccc5c(-c5ccc6c7ccccc7n(-c7ccccc7)c6c5)cc43)cc2)cc1. The Morgan fingerprint density at radius 1 is 0.271 bits per heavy atom. The molecule has 224 valence electrons. The number of benzene rings is 8. The third-order valence-corrected chi connectivity index (χ3v) is 9.91. The summed E-state index contributed by atoms with van der Waals surface area (Å²) in [6.45, 7) is 0. The molecule has 0 bridgehead atoms. The largest absolute Gasteiger partial charge is 0.309 e. The molecule has 0 spiro atoms. The Morgan fingerprint density at radius 2 is 0.771 bits per heavy atom. The molecule has 0 saturated carbocycles. The van der Waals surface area contributed by atoms with Gasteiger partial charge in [-0.25, -0.2) is 0 Å². The molecule has 2 heteroatoms. The van der Waals surface area contributed by atoms with E-state index in [4.69, 9.17) is 0 Å². The molecule has 0 saturated heterocycles. The molecule has 8 aromatic carbocycles. The molecule has 0 unspecified atom stereocenters. The summed E-state index contributed by atoms with van der Waals surface area (Å²) in [4.78, 5) is 0. The van der Waals surface area contributed by atoms with Crippen LogP contribution in [0.1, 0.15) is 0 Å². The monoisotopic (exact) mass is 610 g/mol. The third kappa shape index (κ3) is 4.00. The van der Waals surface area contributed by atoms with E-state index in [9.17, 15) is 0 Å². The Balaban J connectivity index is 1.26. The lowest BCUT2D eigenvalue weighted by atomic mass is 9.94. The summed E-state index contributed by atoms with van der Waals surface area (Å²) in [5.41, 5.74) is 12.0. The van der Waals surface area contributed by atoms with Crippen LogP contribution < -0.4 is 0 Å². The highest BCUT2D eigenvalue weighted by Crippen LogP contribution is 2.43. The van der Waals surface area contributed by atoms with E-state index in [0.29, 0.717) is 0 Å². The number of fused-ring (bicyclic) bond motifs is 8. The molecule has 0 aliphatic carbocycles. The molecule has 0 N–H and O–H groups in total. The fourth-order valence-corrected chi connectivity index (χ4v) is 7.77. The van der Waals surface area contributed by atoms with Crippen molar-refractivity contribution < 1.29 is 0 Å². The quantitative estimate of drug-likeness (QED) is 0.188. The second-order valence-corrected chi connectivity index (χ2v) is 12.5. The van der Waals surface area contributed by atoms with Crippen molar-refractivity contribution in [3.63, 3.8) is 0 Å². The molecule has 0 aliphatic rings. The van der Waals surface area contributed by atoms with Gasteiger partial charge in [-0.1, -0.05) is 133 Å². The van der Waals surface area contributed by atoms with Crippen molar-refractivity contribution in [2.75, 3.05) is 0 Å². The Morgan fingerprint density at radius 3 is 1.52 bits per heavy atom. The predicted octanol–water partition coefficient (Wildman–Crippen LogP) is 12.4. The van der Waals surface area contributed by atoms with E-state index in [1.807, 2.05) is 0 Å². The van der Waals surface area contributed by atoms with Crippen LogP contribution in [0.5, 0.6) is 0 Å². The average molecular weight is 611 g/mol. The predicted molar refractivity (Wildman–Crippen MR) is 203 cm³/mol. The van der Waals surface area contributed by atoms with Crippen LogP contribution in [0.25, 0.3) is 88.0 Å². The van der Waals surface area contributed by atoms with Gasteiger partial charge in [-0.05, 0) is 81.6 Å². The van der Waals surface area contributed by atoms with E-state index in [1.54, 1.807) is 0 Å². The molecule has 0 aliphatic heterocycles. The van der Waals surface area contributed by atoms with Gasteiger partial charge in [0.1, 0.15) is 0 Å². The molecule has 10 rings (SSSR count). The molecule has 0 amide bonds. The standard InChI is InChI=1S/C46H30N2/c1-3-13-31(14-4-1)32-23-26-35(27-24-32)48-43-22-12-10-20-40(43)46-39-19-8-7-17-36(39)41(30-45(46)48)33-25-28-38-37-18-9-11-21-42(37)47(44(38)29-33)34-15-5-2-6-16-34/h1-30H. The van der Waals surface area contributed by atoms with E-state index >= 15 is 0 Å². The number of hydrogen-bond acceptors (Lipinski definition) is 0. The number of nitrogens with zero attached hydrogens (tertiary/aromatic N) is 2. The van der Waals surface area contributed by atoms with E-state index in [2.05, 4.69) is 191 Å². The summed E-state index contributed by atoms with van der Waals surface area (Å²) in [5, 5.41) is 7.61. The topological polar surface area (TPSA) is 9.86 Å². The van der Waals surface area contributed by atoms with E-state index in [0.717, 1.165) is 5.69 Å². The summed E-state index contributed by atoms with van der Waals surface area (Å²) < 4.78 is 4.84. The van der Waals surface area contributed by atoms with Gasteiger partial charge in [-0.2, -0.15) is 0 Å². The fraction of sp³-hybridized carbons (Fsp3) is 0. The van der Waals surface area contributed by atoms with Gasteiger partial charge >= 0.3 is 0 Å². The van der Waals surface area contributed by atoms with Gasteiger partial charge in [-0.15, -0.1) is 0 Å². The molecule has 0 radical (unpaired) electrons. The highest BCUT2D eigenvalue weighted by molar-refractivity contribution is 6.24. The Kier molecular flexibility index (Phi) is 5.91. The number of aromatic nitrogens is 2. The summed E-state index contributed by atoms with van der Waals surface area (Å²) >= 11 is 0. The van der Waals surface area contributed by atoms with Crippen molar-refractivity contribution in [2.45, 2.75) is 0 Å². The van der Waals surface area contributed by atoms with Crippen molar-refractivity contribution in [3.05, 3.63) is 182 Å². The molecule has 0 atom stereocenters. The summed E-state index contributed by atoms with van der Waals surface area (Å²) in [5.74, 6) is 0. The van der Waals surface area contributed by atoms with Crippen LogP contribution in [0, 0.1) is 0 Å². The van der Waals surface area contributed by atoms with Gasteiger partial charge in [0.25, 0.3) is 0 Å². The van der Waals surface area contributed by atoms with E-state index in [-0.39, 0.29) is 0 Å². The lowest BCUT2D eigenvalue weighted by molar-refractivity contribution is 1.18. The zero-order valence-electron chi connectivity index (χ0n) is 26.2. The first-order valence-corrected chi connectivity index (χ1v) is 16.5. The van der Waals surface area contributed by atoms with E-state index < -0.39 is 0 Å². The Bertz CT molecular complexity index is 2800.